The Morgan fingerprint density at radius 3 is 2.50 bits per heavy atom. The number of nitrogens with zero attached hydrogens (tertiary/aromatic N) is 1. The van der Waals surface area contributed by atoms with Crippen LogP contribution in [-0.2, 0) is 6.61 Å². The lowest BCUT2D eigenvalue weighted by Crippen LogP contribution is -2.17. The van der Waals surface area contributed by atoms with Gasteiger partial charge in [0.1, 0.15) is 18.2 Å². The molecular formula is C21H15Br2FN2O2. The van der Waals surface area contributed by atoms with Crippen molar-refractivity contribution >= 4 is 44.0 Å². The summed E-state index contributed by atoms with van der Waals surface area (Å²) in [5, 5.41) is 4.00. The summed E-state index contributed by atoms with van der Waals surface area (Å²) in [6, 6.07) is 18.7. The minimum atomic E-state index is -0.433. The molecule has 0 unspecified atom stereocenters. The summed E-state index contributed by atoms with van der Waals surface area (Å²) in [7, 11) is 0. The van der Waals surface area contributed by atoms with E-state index in [0.717, 1.165) is 14.5 Å². The lowest BCUT2D eigenvalue weighted by Gasteiger charge is -2.12. The molecule has 0 aromatic heterocycles. The van der Waals surface area contributed by atoms with Crippen LogP contribution in [0.15, 0.2) is 80.8 Å². The number of carbonyl (C=O) groups excluding carboxylic acids is 1. The molecule has 0 radical (unpaired) electrons. The third-order valence-electron chi connectivity index (χ3n) is 3.74. The van der Waals surface area contributed by atoms with Gasteiger partial charge in [-0.05, 0) is 57.9 Å². The van der Waals surface area contributed by atoms with Crippen molar-refractivity contribution in [1.29, 1.82) is 0 Å². The van der Waals surface area contributed by atoms with E-state index in [0.29, 0.717) is 23.5 Å². The normalized spacial score (nSPS) is 10.8. The van der Waals surface area contributed by atoms with Crippen LogP contribution in [-0.4, -0.2) is 12.1 Å². The molecule has 142 valence electrons. The second-order valence-corrected chi connectivity index (χ2v) is 7.56. The first-order chi connectivity index (χ1) is 13.5. The second-order valence-electron chi connectivity index (χ2n) is 5.79. The molecular weight excluding hydrogens is 491 g/mol. The predicted molar refractivity (Wildman–Crippen MR) is 114 cm³/mol. The SMILES string of the molecule is O=C(N/N=C/c1cc(Br)cc(Br)c1OCc1ccccc1)c1ccc(F)cc1. The number of amides is 1. The van der Waals surface area contributed by atoms with Gasteiger partial charge >= 0.3 is 0 Å². The number of hydrogen-bond acceptors (Lipinski definition) is 3. The van der Waals surface area contributed by atoms with Crippen LogP contribution < -0.4 is 10.2 Å². The zero-order valence-electron chi connectivity index (χ0n) is 14.5. The Labute approximate surface area is 178 Å². The van der Waals surface area contributed by atoms with Crippen molar-refractivity contribution in [2.24, 2.45) is 5.10 Å². The summed E-state index contributed by atoms with van der Waals surface area (Å²) < 4.78 is 20.5. The number of rotatable bonds is 6. The highest BCUT2D eigenvalue weighted by Crippen LogP contribution is 2.32. The fraction of sp³-hybridized carbons (Fsp3) is 0.0476. The highest BCUT2D eigenvalue weighted by atomic mass is 79.9. The van der Waals surface area contributed by atoms with E-state index in [1.807, 2.05) is 42.5 Å². The van der Waals surface area contributed by atoms with Crippen LogP contribution in [0.3, 0.4) is 0 Å². The van der Waals surface area contributed by atoms with Gasteiger partial charge in [0, 0.05) is 15.6 Å². The Balaban J connectivity index is 1.74. The number of halogens is 3. The van der Waals surface area contributed by atoms with Crippen LogP contribution in [0, 0.1) is 5.82 Å². The minimum absolute atomic E-state index is 0.314. The van der Waals surface area contributed by atoms with Gasteiger partial charge in [-0.25, -0.2) is 9.82 Å². The van der Waals surface area contributed by atoms with E-state index in [4.69, 9.17) is 4.74 Å². The van der Waals surface area contributed by atoms with Gasteiger partial charge < -0.3 is 4.74 Å². The first-order valence-corrected chi connectivity index (χ1v) is 9.86. The van der Waals surface area contributed by atoms with Gasteiger partial charge in [-0.3, -0.25) is 4.79 Å². The molecule has 4 nitrogen and oxygen atoms in total. The monoisotopic (exact) mass is 504 g/mol. The lowest BCUT2D eigenvalue weighted by molar-refractivity contribution is 0.0955. The molecule has 0 spiro atoms. The first-order valence-electron chi connectivity index (χ1n) is 8.27. The Hall–Kier alpha value is -2.51. The standard InChI is InChI=1S/C21H15Br2FN2O2/c22-17-10-16(12-25-26-21(27)15-6-8-18(24)9-7-15)20(19(23)11-17)28-13-14-4-2-1-3-5-14/h1-12H,13H2,(H,26,27)/b25-12+. The first kappa shape index (κ1) is 20.2. The average Bonchev–Trinajstić information content (AvgIpc) is 2.68. The largest absolute Gasteiger partial charge is 0.487 e. The fourth-order valence-electron chi connectivity index (χ4n) is 2.38. The Kier molecular flexibility index (Phi) is 6.95. The van der Waals surface area contributed by atoms with Gasteiger partial charge in [0.25, 0.3) is 5.91 Å². The molecule has 0 saturated carbocycles. The maximum Gasteiger partial charge on any atom is 0.271 e. The number of benzene rings is 3. The minimum Gasteiger partial charge on any atom is -0.487 e. The van der Waals surface area contributed by atoms with Gasteiger partial charge in [-0.2, -0.15) is 5.10 Å². The Morgan fingerprint density at radius 2 is 1.79 bits per heavy atom. The van der Waals surface area contributed by atoms with Gasteiger partial charge in [0.15, 0.2) is 0 Å². The van der Waals surface area contributed by atoms with Crippen LogP contribution in [0.25, 0.3) is 0 Å². The average molecular weight is 506 g/mol. The summed E-state index contributed by atoms with van der Waals surface area (Å²) >= 11 is 6.93. The number of hydrogen-bond donors (Lipinski definition) is 1. The van der Waals surface area contributed by atoms with Crippen molar-refractivity contribution in [3.8, 4) is 5.75 Å². The van der Waals surface area contributed by atoms with E-state index in [-0.39, 0.29) is 0 Å². The van der Waals surface area contributed by atoms with Crippen LogP contribution >= 0.6 is 31.9 Å². The molecule has 7 heteroatoms. The summed E-state index contributed by atoms with van der Waals surface area (Å²) in [6.45, 7) is 0.393. The van der Waals surface area contributed by atoms with Crippen LogP contribution in [0.2, 0.25) is 0 Å². The molecule has 1 amide bonds. The van der Waals surface area contributed by atoms with E-state index in [9.17, 15) is 9.18 Å². The highest BCUT2D eigenvalue weighted by Gasteiger charge is 2.10. The lowest BCUT2D eigenvalue weighted by atomic mass is 10.2. The van der Waals surface area contributed by atoms with Gasteiger partial charge in [-0.15, -0.1) is 0 Å². The molecule has 0 fully saturated rings. The van der Waals surface area contributed by atoms with Crippen molar-refractivity contribution < 1.29 is 13.9 Å². The highest BCUT2D eigenvalue weighted by molar-refractivity contribution is 9.11. The summed E-state index contributed by atoms with van der Waals surface area (Å²) in [4.78, 5) is 12.1. The number of hydrazone groups is 1. The molecule has 3 aromatic carbocycles. The summed E-state index contributed by atoms with van der Waals surface area (Å²) in [5.74, 6) is -0.233. The Morgan fingerprint density at radius 1 is 1.07 bits per heavy atom. The zero-order valence-corrected chi connectivity index (χ0v) is 17.7. The maximum atomic E-state index is 13.0. The topological polar surface area (TPSA) is 50.7 Å². The molecule has 0 aliphatic heterocycles. The van der Waals surface area contributed by atoms with E-state index < -0.39 is 11.7 Å². The number of ether oxygens (including phenoxy) is 1. The van der Waals surface area contributed by atoms with E-state index >= 15 is 0 Å². The van der Waals surface area contributed by atoms with Gasteiger partial charge in [0.05, 0.1) is 10.7 Å². The molecule has 0 aliphatic rings. The maximum absolute atomic E-state index is 13.0. The quantitative estimate of drug-likeness (QED) is 0.345. The molecule has 0 bridgehead atoms. The van der Waals surface area contributed by atoms with Crippen molar-refractivity contribution in [3.05, 3.63) is 98.2 Å². The molecule has 0 saturated heterocycles. The summed E-state index contributed by atoms with van der Waals surface area (Å²) in [5.41, 5.74) is 4.45. The summed E-state index contributed by atoms with van der Waals surface area (Å²) in [6.07, 6.45) is 1.50. The van der Waals surface area contributed by atoms with Crippen molar-refractivity contribution in [3.63, 3.8) is 0 Å². The van der Waals surface area contributed by atoms with Crippen molar-refractivity contribution in [2.75, 3.05) is 0 Å². The van der Waals surface area contributed by atoms with Crippen molar-refractivity contribution in [1.82, 2.24) is 5.43 Å². The van der Waals surface area contributed by atoms with E-state index in [1.165, 1.54) is 30.5 Å². The van der Waals surface area contributed by atoms with Crippen molar-refractivity contribution in [2.45, 2.75) is 6.61 Å². The predicted octanol–water partition coefficient (Wildman–Crippen LogP) is 5.69. The van der Waals surface area contributed by atoms with E-state index in [1.54, 1.807) is 0 Å². The van der Waals surface area contributed by atoms with Gasteiger partial charge in [0.2, 0.25) is 0 Å². The molecule has 0 atom stereocenters. The van der Waals surface area contributed by atoms with Gasteiger partial charge in [-0.1, -0.05) is 46.3 Å². The smallest absolute Gasteiger partial charge is 0.271 e. The van der Waals surface area contributed by atoms with Crippen LogP contribution in [0.4, 0.5) is 4.39 Å². The number of carbonyl (C=O) groups is 1. The zero-order chi connectivity index (χ0) is 19.9. The number of nitrogens with one attached hydrogen (secondary N) is 1. The fourth-order valence-corrected chi connectivity index (χ4v) is 3.76. The molecule has 28 heavy (non-hydrogen) atoms. The van der Waals surface area contributed by atoms with Crippen LogP contribution in [0.5, 0.6) is 5.75 Å². The third kappa shape index (κ3) is 5.50. The molecule has 3 aromatic rings. The molecule has 0 aliphatic carbocycles. The third-order valence-corrected chi connectivity index (χ3v) is 4.79. The van der Waals surface area contributed by atoms with E-state index in [2.05, 4.69) is 42.4 Å². The Bertz CT molecular complexity index is 993. The second kappa shape index (κ2) is 9.61. The molecule has 3 rings (SSSR count). The molecule has 0 heterocycles. The molecule has 1 N–H and O–H groups in total. The van der Waals surface area contributed by atoms with Crippen LogP contribution in [0.1, 0.15) is 21.5 Å².